The van der Waals surface area contributed by atoms with Gasteiger partial charge in [0, 0.05) is 16.3 Å². The number of nitrogens with one attached hydrogen (secondary N) is 1. The Labute approximate surface area is 128 Å². The molecule has 0 amide bonds. The number of hydrogen-bond donors (Lipinski definition) is 1. The van der Waals surface area contributed by atoms with Gasteiger partial charge in [0.25, 0.3) is 0 Å². The quantitative estimate of drug-likeness (QED) is 0.789. The van der Waals surface area contributed by atoms with E-state index in [9.17, 15) is 0 Å². The van der Waals surface area contributed by atoms with Crippen molar-refractivity contribution in [1.82, 2.24) is 15.1 Å². The molecule has 0 spiro atoms. The van der Waals surface area contributed by atoms with Crippen LogP contribution in [0.5, 0.6) is 0 Å². The van der Waals surface area contributed by atoms with E-state index >= 15 is 0 Å². The van der Waals surface area contributed by atoms with E-state index in [1.54, 1.807) is 0 Å². The van der Waals surface area contributed by atoms with Crippen molar-refractivity contribution in [3.63, 3.8) is 0 Å². The molecule has 0 radical (unpaired) electrons. The van der Waals surface area contributed by atoms with Gasteiger partial charge >= 0.3 is 0 Å². The molecule has 1 aromatic carbocycles. The third kappa shape index (κ3) is 3.57. The molecular formula is C15H20IN3. The Kier molecular flexibility index (Phi) is 5.39. The van der Waals surface area contributed by atoms with Crippen molar-refractivity contribution in [3.05, 3.63) is 51.4 Å². The summed E-state index contributed by atoms with van der Waals surface area (Å²) in [5.74, 6) is 0. The molecule has 1 aromatic heterocycles. The molecule has 0 aliphatic carbocycles. The van der Waals surface area contributed by atoms with Crippen LogP contribution in [-0.2, 0) is 6.54 Å². The summed E-state index contributed by atoms with van der Waals surface area (Å²) in [6.45, 7) is 6.22. The van der Waals surface area contributed by atoms with Crippen molar-refractivity contribution in [2.24, 2.45) is 0 Å². The molecule has 4 heteroatoms. The van der Waals surface area contributed by atoms with Gasteiger partial charge in [-0.3, -0.25) is 4.68 Å². The summed E-state index contributed by atoms with van der Waals surface area (Å²) < 4.78 is 3.33. The summed E-state index contributed by atoms with van der Waals surface area (Å²) in [6, 6.07) is 11.0. The predicted molar refractivity (Wildman–Crippen MR) is 87.2 cm³/mol. The maximum absolute atomic E-state index is 4.39. The molecular weight excluding hydrogens is 349 g/mol. The molecule has 102 valence electrons. The van der Waals surface area contributed by atoms with Crippen LogP contribution in [0.15, 0.2) is 36.5 Å². The summed E-state index contributed by atoms with van der Waals surface area (Å²) >= 11 is 2.36. The van der Waals surface area contributed by atoms with E-state index in [4.69, 9.17) is 0 Å². The van der Waals surface area contributed by atoms with E-state index in [1.165, 1.54) is 14.8 Å². The molecule has 0 aliphatic rings. The molecule has 1 atom stereocenters. The topological polar surface area (TPSA) is 29.9 Å². The van der Waals surface area contributed by atoms with Crippen LogP contribution in [-0.4, -0.2) is 16.3 Å². The van der Waals surface area contributed by atoms with Crippen molar-refractivity contribution in [1.29, 1.82) is 0 Å². The fourth-order valence-electron chi connectivity index (χ4n) is 2.22. The monoisotopic (exact) mass is 369 g/mol. The van der Waals surface area contributed by atoms with E-state index in [-0.39, 0.29) is 6.04 Å². The molecule has 0 saturated carbocycles. The molecule has 1 heterocycles. The normalized spacial score (nSPS) is 12.6. The van der Waals surface area contributed by atoms with Crippen LogP contribution in [0.3, 0.4) is 0 Å². The summed E-state index contributed by atoms with van der Waals surface area (Å²) in [5, 5.41) is 8.01. The number of rotatable bonds is 6. The lowest BCUT2D eigenvalue weighted by atomic mass is 10.0. The fraction of sp³-hybridized carbons (Fsp3) is 0.400. The zero-order valence-electron chi connectivity index (χ0n) is 11.4. The number of aryl methyl sites for hydroxylation is 1. The highest BCUT2D eigenvalue weighted by molar-refractivity contribution is 14.1. The van der Waals surface area contributed by atoms with Gasteiger partial charge in [-0.1, -0.05) is 19.1 Å². The first-order valence-corrected chi connectivity index (χ1v) is 7.84. The lowest BCUT2D eigenvalue weighted by Gasteiger charge is -2.20. The average molecular weight is 369 g/mol. The zero-order chi connectivity index (χ0) is 13.7. The first kappa shape index (κ1) is 14.5. The van der Waals surface area contributed by atoms with Gasteiger partial charge in [-0.15, -0.1) is 0 Å². The summed E-state index contributed by atoms with van der Waals surface area (Å²) in [6.07, 6.45) is 3.01. The smallest absolute Gasteiger partial charge is 0.0748 e. The van der Waals surface area contributed by atoms with Crippen LogP contribution in [0, 0.1) is 3.57 Å². The van der Waals surface area contributed by atoms with Gasteiger partial charge in [0.1, 0.15) is 0 Å². The first-order chi connectivity index (χ1) is 9.26. The zero-order valence-corrected chi connectivity index (χ0v) is 13.6. The van der Waals surface area contributed by atoms with Crippen molar-refractivity contribution in [2.75, 3.05) is 6.54 Å². The van der Waals surface area contributed by atoms with E-state index in [0.29, 0.717) is 0 Å². The highest BCUT2D eigenvalue weighted by Crippen LogP contribution is 2.23. The average Bonchev–Trinajstić information content (AvgIpc) is 2.88. The van der Waals surface area contributed by atoms with Crippen molar-refractivity contribution < 1.29 is 0 Å². The second-order valence-corrected chi connectivity index (χ2v) is 5.76. The predicted octanol–water partition coefficient (Wildman–Crippen LogP) is 3.60. The molecule has 1 N–H and O–H groups in total. The van der Waals surface area contributed by atoms with Crippen molar-refractivity contribution >= 4 is 22.6 Å². The Morgan fingerprint density at radius 2 is 2.16 bits per heavy atom. The van der Waals surface area contributed by atoms with Crippen molar-refractivity contribution in [2.45, 2.75) is 32.9 Å². The molecule has 0 aliphatic heterocycles. The van der Waals surface area contributed by atoms with Crippen LogP contribution >= 0.6 is 22.6 Å². The Bertz CT molecular complexity index is 522. The number of halogens is 1. The Morgan fingerprint density at radius 1 is 1.32 bits per heavy atom. The minimum absolute atomic E-state index is 0.220. The summed E-state index contributed by atoms with van der Waals surface area (Å²) in [5.41, 5.74) is 2.54. The SMILES string of the molecule is CCCNC(c1cccc(I)c1)c1ccnn1CC. The van der Waals surface area contributed by atoms with E-state index in [0.717, 1.165) is 19.5 Å². The first-order valence-electron chi connectivity index (χ1n) is 6.76. The molecule has 3 nitrogen and oxygen atoms in total. The number of hydrogen-bond acceptors (Lipinski definition) is 2. The maximum atomic E-state index is 4.39. The van der Waals surface area contributed by atoms with Gasteiger partial charge in [-0.2, -0.15) is 5.10 Å². The van der Waals surface area contributed by atoms with Crippen LogP contribution in [0.25, 0.3) is 0 Å². The number of benzene rings is 1. The Balaban J connectivity index is 2.35. The van der Waals surface area contributed by atoms with Gasteiger partial charge in [0.2, 0.25) is 0 Å². The Morgan fingerprint density at radius 3 is 2.84 bits per heavy atom. The lowest BCUT2D eigenvalue weighted by molar-refractivity contribution is 0.529. The van der Waals surface area contributed by atoms with E-state index in [2.05, 4.69) is 81.9 Å². The van der Waals surface area contributed by atoms with Gasteiger partial charge in [-0.25, -0.2) is 0 Å². The molecule has 2 rings (SSSR count). The minimum atomic E-state index is 0.220. The van der Waals surface area contributed by atoms with Crippen LogP contribution in [0.1, 0.15) is 37.6 Å². The van der Waals surface area contributed by atoms with Crippen molar-refractivity contribution in [3.8, 4) is 0 Å². The summed E-state index contributed by atoms with van der Waals surface area (Å²) in [7, 11) is 0. The van der Waals surface area contributed by atoms with Crippen LogP contribution < -0.4 is 5.32 Å². The number of nitrogens with zero attached hydrogens (tertiary/aromatic N) is 2. The Hall–Kier alpha value is -0.880. The standard InChI is InChI=1S/C15H20IN3/c1-3-9-17-15(12-6-5-7-13(16)11-12)14-8-10-18-19(14)4-2/h5-8,10-11,15,17H,3-4,9H2,1-2H3. The van der Waals surface area contributed by atoms with Gasteiger partial charge in [0.15, 0.2) is 0 Å². The molecule has 2 aromatic rings. The summed E-state index contributed by atoms with van der Waals surface area (Å²) in [4.78, 5) is 0. The lowest BCUT2D eigenvalue weighted by Crippen LogP contribution is -2.25. The van der Waals surface area contributed by atoms with E-state index < -0.39 is 0 Å². The van der Waals surface area contributed by atoms with Gasteiger partial charge in [-0.05, 0) is 66.2 Å². The number of aromatic nitrogens is 2. The maximum Gasteiger partial charge on any atom is 0.0748 e. The third-order valence-corrected chi connectivity index (χ3v) is 3.80. The minimum Gasteiger partial charge on any atom is -0.305 e. The van der Waals surface area contributed by atoms with Crippen LogP contribution in [0.2, 0.25) is 0 Å². The third-order valence-electron chi connectivity index (χ3n) is 3.13. The fourth-order valence-corrected chi connectivity index (χ4v) is 2.79. The molecule has 1 unspecified atom stereocenters. The molecule has 0 saturated heterocycles. The second-order valence-electron chi connectivity index (χ2n) is 4.51. The van der Waals surface area contributed by atoms with Gasteiger partial charge < -0.3 is 5.32 Å². The van der Waals surface area contributed by atoms with E-state index in [1.807, 2.05) is 6.20 Å². The molecule has 0 bridgehead atoms. The molecule has 19 heavy (non-hydrogen) atoms. The highest BCUT2D eigenvalue weighted by Gasteiger charge is 2.17. The van der Waals surface area contributed by atoms with Gasteiger partial charge in [0.05, 0.1) is 11.7 Å². The molecule has 0 fully saturated rings. The second kappa shape index (κ2) is 7.05. The van der Waals surface area contributed by atoms with Crippen LogP contribution in [0.4, 0.5) is 0 Å². The highest BCUT2D eigenvalue weighted by atomic mass is 127. The largest absolute Gasteiger partial charge is 0.305 e.